The number of nitrogens with one attached hydrogen (secondary N) is 1. The first-order valence-electron chi connectivity index (χ1n) is 8.20. The van der Waals surface area contributed by atoms with Gasteiger partial charge in [0.05, 0.1) is 5.54 Å². The van der Waals surface area contributed by atoms with Crippen LogP contribution in [0.5, 0.6) is 0 Å². The van der Waals surface area contributed by atoms with Crippen molar-refractivity contribution >= 4 is 6.09 Å². The first kappa shape index (κ1) is 13.7. The molecule has 1 aliphatic heterocycles. The molecule has 114 valence electrons. The second-order valence-electron chi connectivity index (χ2n) is 7.06. The molecule has 3 nitrogen and oxygen atoms in total. The second kappa shape index (κ2) is 5.05. The minimum absolute atomic E-state index is 0.119. The molecule has 1 spiro atoms. The lowest BCUT2D eigenvalue weighted by molar-refractivity contribution is 0.172. The molecule has 1 amide bonds. The van der Waals surface area contributed by atoms with Crippen LogP contribution in [0.2, 0.25) is 0 Å². The molecule has 1 N–H and O–H groups in total. The highest BCUT2D eigenvalue weighted by Gasteiger charge is 2.46. The molecular formula is C19H21NO2. The summed E-state index contributed by atoms with van der Waals surface area (Å²) in [5.41, 5.74) is 4.18. The molecule has 1 aromatic carbocycles. The summed E-state index contributed by atoms with van der Waals surface area (Å²) < 4.78 is 5.12. The molecule has 4 rings (SSSR count). The predicted molar refractivity (Wildman–Crippen MR) is 84.6 cm³/mol. The monoisotopic (exact) mass is 295 g/mol. The quantitative estimate of drug-likeness (QED) is 0.808. The van der Waals surface area contributed by atoms with Crippen molar-refractivity contribution in [3.63, 3.8) is 0 Å². The highest BCUT2D eigenvalue weighted by atomic mass is 16.6. The highest BCUT2D eigenvalue weighted by molar-refractivity contribution is 5.70. The van der Waals surface area contributed by atoms with E-state index in [1.165, 1.54) is 16.7 Å². The van der Waals surface area contributed by atoms with E-state index < -0.39 is 0 Å². The number of ether oxygens (including phenoxy) is 1. The van der Waals surface area contributed by atoms with E-state index in [1.54, 1.807) is 0 Å². The summed E-state index contributed by atoms with van der Waals surface area (Å²) in [4.78, 5) is 11.3. The molecule has 3 heteroatoms. The molecule has 1 aromatic rings. The number of cyclic esters (lactones) is 1. The summed E-state index contributed by atoms with van der Waals surface area (Å²) >= 11 is 0. The summed E-state index contributed by atoms with van der Waals surface area (Å²) in [6.07, 6.45) is 11.7. The van der Waals surface area contributed by atoms with Gasteiger partial charge in [-0.1, -0.05) is 18.2 Å². The number of carbonyl (C=O) groups excluding carboxylic acids is 1. The fourth-order valence-electron chi connectivity index (χ4n) is 4.32. The van der Waals surface area contributed by atoms with Crippen molar-refractivity contribution in [2.45, 2.75) is 50.0 Å². The van der Waals surface area contributed by atoms with E-state index in [9.17, 15) is 4.79 Å². The number of terminal acetylenes is 1. The van der Waals surface area contributed by atoms with Crippen LogP contribution in [0.15, 0.2) is 18.2 Å². The van der Waals surface area contributed by atoms with Crippen molar-refractivity contribution < 1.29 is 9.53 Å². The Labute approximate surface area is 131 Å². The molecule has 0 bridgehead atoms. The van der Waals surface area contributed by atoms with E-state index >= 15 is 0 Å². The van der Waals surface area contributed by atoms with Crippen LogP contribution in [0.25, 0.3) is 0 Å². The molecule has 0 aromatic heterocycles. The van der Waals surface area contributed by atoms with Crippen molar-refractivity contribution in [1.82, 2.24) is 5.32 Å². The number of rotatable bonds is 1. The van der Waals surface area contributed by atoms with Crippen LogP contribution >= 0.6 is 0 Å². The van der Waals surface area contributed by atoms with Crippen LogP contribution in [-0.2, 0) is 17.6 Å². The maximum atomic E-state index is 11.3. The fraction of sp³-hybridized carbons (Fsp3) is 0.526. The van der Waals surface area contributed by atoms with Gasteiger partial charge in [0.1, 0.15) is 6.61 Å². The van der Waals surface area contributed by atoms with Crippen molar-refractivity contribution in [3.8, 4) is 12.3 Å². The van der Waals surface area contributed by atoms with E-state index in [1.807, 2.05) is 0 Å². The van der Waals surface area contributed by atoms with Crippen LogP contribution < -0.4 is 5.32 Å². The van der Waals surface area contributed by atoms with Crippen molar-refractivity contribution in [2.75, 3.05) is 6.61 Å². The van der Waals surface area contributed by atoms with E-state index in [-0.39, 0.29) is 11.6 Å². The molecule has 1 saturated heterocycles. The third-order valence-electron chi connectivity index (χ3n) is 5.62. The Balaban J connectivity index is 1.53. The zero-order chi connectivity index (χ0) is 15.2. The number of hydrogen-bond acceptors (Lipinski definition) is 2. The summed E-state index contributed by atoms with van der Waals surface area (Å²) in [6, 6.07) is 6.91. The van der Waals surface area contributed by atoms with E-state index in [2.05, 4.69) is 29.4 Å². The standard InChI is InChI=1S/C19H21NO2/c1-2-13-3-4-15-10-16(6-5-14(15)9-13)17-7-8-19(11-17)12-22-18(21)20-19/h1,5-6,10,13,17H,3-4,7-9,11-12H2,(H,20,21)/t13-,17?,19?/m1/s1. The number of alkyl carbamates (subject to hydrolysis) is 1. The average molecular weight is 295 g/mol. The Morgan fingerprint density at radius 1 is 1.32 bits per heavy atom. The van der Waals surface area contributed by atoms with Gasteiger partial charge in [0, 0.05) is 5.92 Å². The fourth-order valence-corrected chi connectivity index (χ4v) is 4.32. The van der Waals surface area contributed by atoms with Gasteiger partial charge in [-0.15, -0.1) is 12.3 Å². The van der Waals surface area contributed by atoms with Crippen LogP contribution in [0, 0.1) is 18.3 Å². The zero-order valence-corrected chi connectivity index (χ0v) is 12.7. The SMILES string of the molecule is C#C[C@@H]1CCc2cc(C3CCC4(COC(=O)N4)C3)ccc2C1. The lowest BCUT2D eigenvalue weighted by atomic mass is 9.82. The van der Waals surface area contributed by atoms with Gasteiger partial charge >= 0.3 is 6.09 Å². The first-order valence-corrected chi connectivity index (χ1v) is 8.20. The number of aryl methyl sites for hydroxylation is 1. The number of hydrogen-bond donors (Lipinski definition) is 1. The maximum Gasteiger partial charge on any atom is 0.407 e. The van der Waals surface area contributed by atoms with Crippen molar-refractivity contribution in [3.05, 3.63) is 34.9 Å². The Hall–Kier alpha value is -1.95. The van der Waals surface area contributed by atoms with Gasteiger partial charge in [-0.25, -0.2) is 4.79 Å². The van der Waals surface area contributed by atoms with E-state index in [4.69, 9.17) is 11.2 Å². The second-order valence-corrected chi connectivity index (χ2v) is 7.06. The molecule has 2 fully saturated rings. The molecule has 22 heavy (non-hydrogen) atoms. The third kappa shape index (κ3) is 2.27. The van der Waals surface area contributed by atoms with Crippen LogP contribution in [-0.4, -0.2) is 18.2 Å². The lowest BCUT2D eigenvalue weighted by Gasteiger charge is -2.23. The Morgan fingerprint density at radius 3 is 3.00 bits per heavy atom. The lowest BCUT2D eigenvalue weighted by Crippen LogP contribution is -2.40. The average Bonchev–Trinajstić information content (AvgIpc) is 3.13. The molecule has 1 saturated carbocycles. The van der Waals surface area contributed by atoms with Crippen molar-refractivity contribution in [1.29, 1.82) is 0 Å². The number of carbonyl (C=O) groups is 1. The molecule has 3 atom stereocenters. The first-order chi connectivity index (χ1) is 10.7. The van der Waals surface area contributed by atoms with Crippen LogP contribution in [0.4, 0.5) is 4.79 Å². The van der Waals surface area contributed by atoms with Gasteiger partial charge in [-0.2, -0.15) is 0 Å². The molecule has 2 unspecified atom stereocenters. The Kier molecular flexibility index (Phi) is 3.14. The molecule has 0 radical (unpaired) electrons. The van der Waals surface area contributed by atoms with Crippen LogP contribution in [0.3, 0.4) is 0 Å². The Morgan fingerprint density at radius 2 is 2.23 bits per heavy atom. The Bertz CT molecular complexity index is 660. The van der Waals surface area contributed by atoms with Gasteiger partial charge in [-0.05, 0) is 61.1 Å². The summed E-state index contributed by atoms with van der Waals surface area (Å²) in [5, 5.41) is 3.02. The van der Waals surface area contributed by atoms with E-state index in [0.29, 0.717) is 18.4 Å². The molecule has 1 heterocycles. The largest absolute Gasteiger partial charge is 0.447 e. The maximum absolute atomic E-state index is 11.3. The number of fused-ring (bicyclic) bond motifs is 1. The van der Waals surface area contributed by atoms with Gasteiger partial charge in [0.2, 0.25) is 0 Å². The van der Waals surface area contributed by atoms with Gasteiger partial charge in [0.15, 0.2) is 0 Å². The van der Waals surface area contributed by atoms with Crippen molar-refractivity contribution in [2.24, 2.45) is 5.92 Å². The summed E-state index contributed by atoms with van der Waals surface area (Å²) in [5.74, 6) is 3.82. The van der Waals surface area contributed by atoms with E-state index in [0.717, 1.165) is 38.5 Å². The van der Waals surface area contributed by atoms with Gasteiger partial charge in [0.25, 0.3) is 0 Å². The highest BCUT2D eigenvalue weighted by Crippen LogP contribution is 2.43. The molecule has 2 aliphatic carbocycles. The third-order valence-corrected chi connectivity index (χ3v) is 5.62. The summed E-state index contributed by atoms with van der Waals surface area (Å²) in [7, 11) is 0. The summed E-state index contributed by atoms with van der Waals surface area (Å²) in [6.45, 7) is 0.525. The molecule has 3 aliphatic rings. The number of benzene rings is 1. The molecular weight excluding hydrogens is 274 g/mol. The smallest absolute Gasteiger partial charge is 0.407 e. The predicted octanol–water partition coefficient (Wildman–Crippen LogP) is 3.17. The minimum atomic E-state index is -0.258. The normalized spacial score (nSPS) is 33.1. The topological polar surface area (TPSA) is 38.3 Å². The van der Waals surface area contributed by atoms with Crippen LogP contribution in [0.1, 0.15) is 48.3 Å². The number of amides is 1. The van der Waals surface area contributed by atoms with Gasteiger partial charge in [-0.3, -0.25) is 0 Å². The minimum Gasteiger partial charge on any atom is -0.447 e. The zero-order valence-electron chi connectivity index (χ0n) is 12.7. The van der Waals surface area contributed by atoms with Gasteiger partial charge < -0.3 is 10.1 Å².